The first-order valence-corrected chi connectivity index (χ1v) is 4.79. The minimum Gasteiger partial charge on any atom is -0.478 e. The number of alkyl halides is 3. The lowest BCUT2D eigenvalue weighted by atomic mass is 10.1. The van der Waals surface area contributed by atoms with Crippen LogP contribution in [0.2, 0.25) is 0 Å². The fourth-order valence-electron chi connectivity index (χ4n) is 1.21. The fourth-order valence-corrected chi connectivity index (χ4v) is 1.21. The second-order valence-electron chi connectivity index (χ2n) is 3.34. The monoisotopic (exact) mass is 275 g/mol. The first kappa shape index (κ1) is 14.6. The summed E-state index contributed by atoms with van der Waals surface area (Å²) < 4.78 is 40.0. The summed E-state index contributed by atoms with van der Waals surface area (Å²) >= 11 is 0. The van der Waals surface area contributed by atoms with Crippen molar-refractivity contribution in [2.75, 3.05) is 0 Å². The number of carbonyl (C=O) groups is 2. The molecule has 0 aliphatic rings. The molecule has 19 heavy (non-hydrogen) atoms. The highest BCUT2D eigenvalue weighted by Crippen LogP contribution is 2.28. The Morgan fingerprint density at radius 1 is 1.32 bits per heavy atom. The van der Waals surface area contributed by atoms with E-state index < -0.39 is 29.6 Å². The van der Waals surface area contributed by atoms with Gasteiger partial charge in [0.1, 0.15) is 11.3 Å². The Balaban J connectivity index is 3.18. The molecule has 0 saturated heterocycles. The number of carboxylic acids is 1. The van der Waals surface area contributed by atoms with Gasteiger partial charge in [0.15, 0.2) is 0 Å². The number of benzene rings is 1. The van der Waals surface area contributed by atoms with E-state index in [1.165, 1.54) is 6.07 Å². The number of hydrogen-bond donors (Lipinski definition) is 2. The van der Waals surface area contributed by atoms with Crippen LogP contribution in [-0.4, -0.2) is 23.3 Å². The Kier molecular flexibility index (Phi) is 4.15. The Bertz CT molecular complexity index is 537. The molecule has 0 heterocycles. The number of primary amides is 1. The number of carbonyl (C=O) groups excluding carboxylic acids is 1. The van der Waals surface area contributed by atoms with E-state index in [2.05, 4.69) is 4.74 Å². The molecule has 0 aliphatic carbocycles. The van der Waals surface area contributed by atoms with Crippen LogP contribution < -0.4 is 10.5 Å². The van der Waals surface area contributed by atoms with Gasteiger partial charge >= 0.3 is 12.3 Å². The number of nitrogens with two attached hydrogens (primary N) is 1. The Labute approximate surface area is 105 Å². The minimum absolute atomic E-state index is 0.142. The Morgan fingerprint density at radius 3 is 2.42 bits per heavy atom. The van der Waals surface area contributed by atoms with Crippen molar-refractivity contribution in [1.82, 2.24) is 0 Å². The van der Waals surface area contributed by atoms with Crippen LogP contribution in [0.1, 0.15) is 15.9 Å². The lowest BCUT2D eigenvalue weighted by Crippen LogP contribution is -2.19. The summed E-state index contributed by atoms with van der Waals surface area (Å²) in [5, 5.41) is 8.73. The molecule has 0 atom stereocenters. The highest BCUT2D eigenvalue weighted by atomic mass is 19.4. The average molecular weight is 275 g/mol. The van der Waals surface area contributed by atoms with Crippen LogP contribution in [0, 0.1) is 0 Å². The first-order valence-electron chi connectivity index (χ1n) is 4.79. The number of rotatable bonds is 4. The van der Waals surface area contributed by atoms with Gasteiger partial charge in [0.05, 0.1) is 0 Å². The summed E-state index contributed by atoms with van der Waals surface area (Å²) in [7, 11) is 0. The van der Waals surface area contributed by atoms with Crippen molar-refractivity contribution in [2.24, 2.45) is 5.73 Å². The van der Waals surface area contributed by atoms with Crippen LogP contribution in [0.25, 0.3) is 6.08 Å². The smallest absolute Gasteiger partial charge is 0.478 e. The van der Waals surface area contributed by atoms with Gasteiger partial charge in [-0.2, -0.15) is 0 Å². The molecule has 102 valence electrons. The van der Waals surface area contributed by atoms with E-state index in [0.29, 0.717) is 0 Å². The van der Waals surface area contributed by atoms with Gasteiger partial charge in [0.2, 0.25) is 5.91 Å². The van der Waals surface area contributed by atoms with Crippen molar-refractivity contribution in [3.8, 4) is 5.75 Å². The molecule has 1 rings (SSSR count). The van der Waals surface area contributed by atoms with Crippen molar-refractivity contribution in [3.05, 3.63) is 35.4 Å². The van der Waals surface area contributed by atoms with Gasteiger partial charge in [-0.15, -0.1) is 13.2 Å². The van der Waals surface area contributed by atoms with Crippen molar-refractivity contribution in [2.45, 2.75) is 6.36 Å². The second kappa shape index (κ2) is 5.42. The predicted octanol–water partition coefficient (Wildman–Crippen LogP) is 1.78. The average Bonchev–Trinajstić information content (AvgIpc) is 2.23. The summed E-state index contributed by atoms with van der Waals surface area (Å²) in [4.78, 5) is 21.2. The molecule has 0 spiro atoms. The van der Waals surface area contributed by atoms with Gasteiger partial charge in [-0.1, -0.05) is 6.07 Å². The van der Waals surface area contributed by atoms with E-state index in [-0.39, 0.29) is 5.56 Å². The number of amides is 1. The molecule has 0 aliphatic heterocycles. The summed E-state index contributed by atoms with van der Waals surface area (Å²) in [6.45, 7) is 0. The van der Waals surface area contributed by atoms with Crippen LogP contribution in [0.15, 0.2) is 24.3 Å². The third kappa shape index (κ3) is 4.70. The van der Waals surface area contributed by atoms with Gasteiger partial charge in [0.25, 0.3) is 0 Å². The van der Waals surface area contributed by atoms with Crippen LogP contribution in [-0.2, 0) is 4.79 Å². The quantitative estimate of drug-likeness (QED) is 0.819. The molecular formula is C11H8F3NO4. The topological polar surface area (TPSA) is 89.6 Å². The van der Waals surface area contributed by atoms with E-state index in [4.69, 9.17) is 10.8 Å². The third-order valence-corrected chi connectivity index (χ3v) is 1.90. The van der Waals surface area contributed by atoms with Gasteiger partial charge < -0.3 is 15.6 Å². The Morgan fingerprint density at radius 2 is 1.95 bits per heavy atom. The SMILES string of the molecule is NC(=O)C=Cc1ccc(C(=O)O)c(OC(F)(F)F)c1. The van der Waals surface area contributed by atoms with Crippen molar-refractivity contribution < 1.29 is 32.6 Å². The van der Waals surface area contributed by atoms with E-state index in [1.54, 1.807) is 0 Å². The maximum absolute atomic E-state index is 12.1. The van der Waals surface area contributed by atoms with E-state index in [0.717, 1.165) is 24.3 Å². The second-order valence-corrected chi connectivity index (χ2v) is 3.34. The van der Waals surface area contributed by atoms with Crippen LogP contribution in [0.5, 0.6) is 5.75 Å². The fraction of sp³-hybridized carbons (Fsp3) is 0.0909. The standard InChI is InChI=1S/C11H8F3NO4/c12-11(13,14)19-8-5-6(2-4-9(15)16)1-3-7(8)10(17)18/h1-5H,(H2,15,16)(H,17,18). The van der Waals surface area contributed by atoms with E-state index in [1.807, 2.05) is 0 Å². The summed E-state index contributed by atoms with van der Waals surface area (Å²) in [6, 6.07) is 2.99. The lowest BCUT2D eigenvalue weighted by Gasteiger charge is -2.11. The Hall–Kier alpha value is -2.51. The van der Waals surface area contributed by atoms with Gasteiger partial charge in [-0.05, 0) is 23.8 Å². The molecule has 0 unspecified atom stereocenters. The molecule has 0 fully saturated rings. The summed E-state index contributed by atoms with van der Waals surface area (Å²) in [5.41, 5.74) is 4.32. The number of ether oxygens (including phenoxy) is 1. The van der Waals surface area contributed by atoms with E-state index in [9.17, 15) is 22.8 Å². The van der Waals surface area contributed by atoms with Crippen molar-refractivity contribution in [3.63, 3.8) is 0 Å². The molecule has 0 bridgehead atoms. The van der Waals surface area contributed by atoms with E-state index >= 15 is 0 Å². The zero-order valence-electron chi connectivity index (χ0n) is 9.27. The maximum atomic E-state index is 12.1. The van der Waals surface area contributed by atoms with Crippen LogP contribution in [0.3, 0.4) is 0 Å². The van der Waals surface area contributed by atoms with Gasteiger partial charge in [-0.25, -0.2) is 4.79 Å². The summed E-state index contributed by atoms with van der Waals surface area (Å²) in [5.74, 6) is -3.23. The predicted molar refractivity (Wildman–Crippen MR) is 58.3 cm³/mol. The molecule has 1 amide bonds. The lowest BCUT2D eigenvalue weighted by molar-refractivity contribution is -0.274. The maximum Gasteiger partial charge on any atom is 0.573 e. The molecule has 8 heteroatoms. The molecule has 1 aromatic rings. The number of halogens is 3. The minimum atomic E-state index is -5.02. The third-order valence-electron chi connectivity index (χ3n) is 1.90. The van der Waals surface area contributed by atoms with Crippen LogP contribution in [0.4, 0.5) is 13.2 Å². The zero-order chi connectivity index (χ0) is 14.6. The number of carboxylic acid groups (broad SMARTS) is 1. The molecule has 0 saturated carbocycles. The summed E-state index contributed by atoms with van der Waals surface area (Å²) in [6.07, 6.45) is -2.96. The zero-order valence-corrected chi connectivity index (χ0v) is 9.27. The molecule has 0 radical (unpaired) electrons. The molecule has 3 N–H and O–H groups in total. The van der Waals surface area contributed by atoms with Crippen molar-refractivity contribution >= 4 is 18.0 Å². The molecule has 0 aromatic heterocycles. The first-order chi connectivity index (χ1) is 8.69. The van der Waals surface area contributed by atoms with Gasteiger partial charge in [0, 0.05) is 6.08 Å². The molecule has 1 aromatic carbocycles. The van der Waals surface area contributed by atoms with Crippen LogP contribution >= 0.6 is 0 Å². The van der Waals surface area contributed by atoms with Crippen molar-refractivity contribution in [1.29, 1.82) is 0 Å². The highest BCUT2D eigenvalue weighted by molar-refractivity contribution is 5.92. The number of hydrogen-bond acceptors (Lipinski definition) is 3. The largest absolute Gasteiger partial charge is 0.573 e. The van der Waals surface area contributed by atoms with Gasteiger partial charge in [-0.3, -0.25) is 4.79 Å². The molecule has 5 nitrogen and oxygen atoms in total. The molecular weight excluding hydrogens is 267 g/mol. The normalized spacial score (nSPS) is 11.5. The highest BCUT2D eigenvalue weighted by Gasteiger charge is 2.33. The number of aromatic carboxylic acids is 1.